The topological polar surface area (TPSA) is 65.0 Å². The van der Waals surface area contributed by atoms with E-state index in [0.29, 0.717) is 24.5 Å². The third-order valence-corrected chi connectivity index (χ3v) is 4.10. The van der Waals surface area contributed by atoms with Gasteiger partial charge in [-0.25, -0.2) is 4.79 Å². The largest absolute Gasteiger partial charge is 0.478 e. The first-order chi connectivity index (χ1) is 13.6. The van der Waals surface area contributed by atoms with Crippen LogP contribution in [0.15, 0.2) is 78.9 Å². The van der Waals surface area contributed by atoms with E-state index in [0.717, 1.165) is 11.1 Å². The van der Waals surface area contributed by atoms with Gasteiger partial charge in [0.1, 0.15) is 5.75 Å². The zero-order chi connectivity index (χ0) is 19.8. The summed E-state index contributed by atoms with van der Waals surface area (Å²) in [7, 11) is 0. The molecule has 0 aliphatic rings. The Bertz CT molecular complexity index is 850. The fourth-order valence-corrected chi connectivity index (χ4v) is 2.61. The summed E-state index contributed by atoms with van der Waals surface area (Å²) in [6.07, 6.45) is 0. The Balaban J connectivity index is 1.70. The van der Waals surface area contributed by atoms with Gasteiger partial charge in [-0.05, 0) is 41.8 Å². The van der Waals surface area contributed by atoms with Crippen molar-refractivity contribution in [2.75, 3.05) is 0 Å². The number of benzene rings is 3. The molecule has 28 heavy (non-hydrogen) atoms. The minimum absolute atomic E-state index is 0.205. The molecule has 5 heteroatoms. The fraction of sp³-hybridized carbons (Fsp3) is 0.174. The maximum atomic E-state index is 11.1. The lowest BCUT2D eigenvalue weighted by molar-refractivity contribution is -0.258. The van der Waals surface area contributed by atoms with Crippen LogP contribution < -0.4 is 4.74 Å². The van der Waals surface area contributed by atoms with E-state index < -0.39 is 12.4 Å². The normalized spacial score (nSPS) is 10.8. The molecule has 0 spiro atoms. The molecule has 0 heterocycles. The second-order valence-corrected chi connectivity index (χ2v) is 6.29. The van der Waals surface area contributed by atoms with E-state index in [1.807, 2.05) is 60.7 Å². The van der Waals surface area contributed by atoms with Gasteiger partial charge < -0.3 is 19.3 Å². The molecule has 0 unspecified atom stereocenters. The molecule has 0 aliphatic carbocycles. The summed E-state index contributed by atoms with van der Waals surface area (Å²) in [5, 5.41) is 9.11. The first kappa shape index (κ1) is 19.6. The van der Waals surface area contributed by atoms with E-state index >= 15 is 0 Å². The van der Waals surface area contributed by atoms with E-state index in [-0.39, 0.29) is 5.56 Å². The van der Waals surface area contributed by atoms with Crippen molar-refractivity contribution in [1.82, 2.24) is 0 Å². The predicted molar refractivity (Wildman–Crippen MR) is 105 cm³/mol. The molecule has 5 nitrogen and oxygen atoms in total. The zero-order valence-electron chi connectivity index (χ0n) is 15.6. The monoisotopic (exact) mass is 378 g/mol. The summed E-state index contributed by atoms with van der Waals surface area (Å²) >= 11 is 0. The third-order valence-electron chi connectivity index (χ3n) is 4.10. The van der Waals surface area contributed by atoms with Crippen molar-refractivity contribution in [3.05, 3.63) is 101 Å². The molecule has 1 N–H and O–H groups in total. The van der Waals surface area contributed by atoms with Crippen molar-refractivity contribution in [2.24, 2.45) is 0 Å². The maximum Gasteiger partial charge on any atom is 0.335 e. The van der Waals surface area contributed by atoms with Gasteiger partial charge in [0.25, 0.3) is 0 Å². The highest BCUT2D eigenvalue weighted by molar-refractivity contribution is 5.88. The van der Waals surface area contributed by atoms with Crippen molar-refractivity contribution in [3.8, 4) is 5.75 Å². The van der Waals surface area contributed by atoms with Crippen LogP contribution in [-0.2, 0) is 22.7 Å². The summed E-state index contributed by atoms with van der Waals surface area (Å²) in [4.78, 5) is 11.1. The second-order valence-electron chi connectivity index (χ2n) is 6.29. The van der Waals surface area contributed by atoms with Crippen LogP contribution in [-0.4, -0.2) is 17.6 Å². The lowest BCUT2D eigenvalue weighted by Gasteiger charge is -2.21. The summed E-state index contributed by atoms with van der Waals surface area (Å²) in [6, 6.07) is 24.1. The molecule has 0 bridgehead atoms. The highest BCUT2D eigenvalue weighted by Crippen LogP contribution is 2.22. The van der Waals surface area contributed by atoms with Crippen LogP contribution >= 0.6 is 0 Å². The molecule has 3 aromatic rings. The number of hydrogen-bond donors (Lipinski definition) is 1. The van der Waals surface area contributed by atoms with Crippen molar-refractivity contribution in [3.63, 3.8) is 0 Å². The van der Waals surface area contributed by atoms with E-state index in [4.69, 9.17) is 19.3 Å². The number of carboxylic acids is 1. The van der Waals surface area contributed by atoms with E-state index in [1.165, 1.54) is 6.07 Å². The molecule has 0 aromatic heterocycles. The van der Waals surface area contributed by atoms with Crippen LogP contribution in [0.5, 0.6) is 5.75 Å². The second kappa shape index (κ2) is 9.69. The molecule has 0 aliphatic heterocycles. The van der Waals surface area contributed by atoms with Crippen LogP contribution in [0.4, 0.5) is 0 Å². The van der Waals surface area contributed by atoms with Gasteiger partial charge in [0.05, 0.1) is 18.8 Å². The molecule has 3 aromatic carbocycles. The number of aryl methyl sites for hydroxylation is 1. The smallest absolute Gasteiger partial charge is 0.335 e. The standard InChI is InChI=1S/C23H22O5/c1-17-14-20(22(24)25)12-13-21(17)28-23(26-15-18-8-4-2-5-9-18)27-16-19-10-6-3-7-11-19/h2-14,23H,15-16H2,1H3,(H,24,25). The summed E-state index contributed by atoms with van der Waals surface area (Å²) in [5.41, 5.74) is 2.89. The summed E-state index contributed by atoms with van der Waals surface area (Å²) in [5.74, 6) is -0.469. The van der Waals surface area contributed by atoms with Crippen molar-refractivity contribution >= 4 is 5.97 Å². The van der Waals surface area contributed by atoms with Gasteiger partial charge in [-0.1, -0.05) is 60.7 Å². The molecule has 0 saturated carbocycles. The van der Waals surface area contributed by atoms with Gasteiger partial charge >= 0.3 is 12.4 Å². The van der Waals surface area contributed by atoms with Crippen LogP contribution in [0.1, 0.15) is 27.0 Å². The summed E-state index contributed by atoms with van der Waals surface area (Å²) < 4.78 is 17.5. The molecule has 0 atom stereocenters. The zero-order valence-corrected chi connectivity index (χ0v) is 15.6. The van der Waals surface area contributed by atoms with Gasteiger partial charge in [0, 0.05) is 0 Å². The summed E-state index contributed by atoms with van der Waals surface area (Å²) in [6.45, 7) is 1.50. The van der Waals surface area contributed by atoms with E-state index in [9.17, 15) is 4.79 Å². The Morgan fingerprint density at radius 1 is 0.857 bits per heavy atom. The van der Waals surface area contributed by atoms with Gasteiger partial charge in [-0.2, -0.15) is 0 Å². The molecule has 0 saturated heterocycles. The highest BCUT2D eigenvalue weighted by atomic mass is 16.8. The Hall–Kier alpha value is -3.15. The molecular weight excluding hydrogens is 356 g/mol. The Morgan fingerprint density at radius 2 is 1.39 bits per heavy atom. The predicted octanol–water partition coefficient (Wildman–Crippen LogP) is 4.79. The Morgan fingerprint density at radius 3 is 1.86 bits per heavy atom. The van der Waals surface area contributed by atoms with Crippen LogP contribution in [0, 0.1) is 6.92 Å². The number of carbonyl (C=O) groups is 1. The SMILES string of the molecule is Cc1cc(C(=O)O)ccc1OC(OCc1ccccc1)OCc1ccccc1. The number of carboxylic acid groups (broad SMARTS) is 1. The number of ether oxygens (including phenoxy) is 3. The lowest BCUT2D eigenvalue weighted by Crippen LogP contribution is -2.24. The Kier molecular flexibility index (Phi) is 6.78. The molecular formula is C23H22O5. The van der Waals surface area contributed by atoms with Gasteiger partial charge in [0.2, 0.25) is 0 Å². The minimum Gasteiger partial charge on any atom is -0.478 e. The van der Waals surface area contributed by atoms with Gasteiger partial charge in [0.15, 0.2) is 0 Å². The molecule has 0 amide bonds. The molecule has 0 radical (unpaired) electrons. The first-order valence-electron chi connectivity index (χ1n) is 8.93. The van der Waals surface area contributed by atoms with Crippen LogP contribution in [0.2, 0.25) is 0 Å². The molecule has 3 rings (SSSR count). The van der Waals surface area contributed by atoms with Crippen molar-refractivity contribution in [2.45, 2.75) is 26.6 Å². The minimum atomic E-state index is -0.980. The highest BCUT2D eigenvalue weighted by Gasteiger charge is 2.15. The fourth-order valence-electron chi connectivity index (χ4n) is 2.61. The number of aromatic carboxylic acids is 1. The third kappa shape index (κ3) is 5.67. The van der Waals surface area contributed by atoms with Gasteiger partial charge in [-0.3, -0.25) is 0 Å². The van der Waals surface area contributed by atoms with Crippen molar-refractivity contribution in [1.29, 1.82) is 0 Å². The van der Waals surface area contributed by atoms with E-state index in [2.05, 4.69) is 0 Å². The number of rotatable bonds is 9. The maximum absolute atomic E-state index is 11.1. The average Bonchev–Trinajstić information content (AvgIpc) is 2.72. The van der Waals surface area contributed by atoms with Crippen molar-refractivity contribution < 1.29 is 24.1 Å². The molecule has 144 valence electrons. The number of hydrogen-bond acceptors (Lipinski definition) is 4. The van der Waals surface area contributed by atoms with Gasteiger partial charge in [-0.15, -0.1) is 0 Å². The first-order valence-corrected chi connectivity index (χ1v) is 8.93. The lowest BCUT2D eigenvalue weighted by atomic mass is 10.1. The quantitative estimate of drug-likeness (QED) is 0.543. The average molecular weight is 378 g/mol. The molecule has 0 fully saturated rings. The van der Waals surface area contributed by atoms with Crippen LogP contribution in [0.3, 0.4) is 0 Å². The van der Waals surface area contributed by atoms with E-state index in [1.54, 1.807) is 19.1 Å². The van der Waals surface area contributed by atoms with Crippen LogP contribution in [0.25, 0.3) is 0 Å². The Labute approximate surface area is 164 Å².